The average Bonchev–Trinajstić information content (AvgIpc) is 2.46. The van der Waals surface area contributed by atoms with Crippen LogP contribution in [0.3, 0.4) is 0 Å². The highest BCUT2D eigenvalue weighted by molar-refractivity contribution is 7.99. The van der Waals surface area contributed by atoms with Gasteiger partial charge in [-0.25, -0.2) is 4.39 Å². The number of nitrogens with one attached hydrogen (secondary N) is 1. The molecule has 0 amide bonds. The van der Waals surface area contributed by atoms with Crippen molar-refractivity contribution in [2.75, 3.05) is 25.7 Å². The predicted molar refractivity (Wildman–Crippen MR) is 79.4 cm³/mol. The Morgan fingerprint density at radius 2 is 2.16 bits per heavy atom. The third kappa shape index (κ3) is 3.86. The molecule has 1 aliphatic heterocycles. The first kappa shape index (κ1) is 14.7. The monoisotopic (exact) mass is 283 g/mol. The average molecular weight is 283 g/mol. The maximum Gasteiger partial charge on any atom is 0.131 e. The predicted octanol–water partition coefficient (Wildman–Crippen LogP) is 3.63. The quantitative estimate of drug-likeness (QED) is 0.891. The van der Waals surface area contributed by atoms with Crippen LogP contribution in [-0.2, 0) is 0 Å². The molecular formula is C15H22FNOS. The molecule has 106 valence electrons. The number of thioether (sulfide) groups is 1. The molecule has 2 rings (SSSR count). The van der Waals surface area contributed by atoms with Crippen LogP contribution in [0.2, 0.25) is 0 Å². The van der Waals surface area contributed by atoms with E-state index in [4.69, 9.17) is 4.74 Å². The van der Waals surface area contributed by atoms with Gasteiger partial charge in [-0.05, 0) is 49.8 Å². The largest absolute Gasteiger partial charge is 0.497 e. The van der Waals surface area contributed by atoms with E-state index in [1.807, 2.05) is 30.9 Å². The van der Waals surface area contributed by atoms with Gasteiger partial charge < -0.3 is 10.1 Å². The summed E-state index contributed by atoms with van der Waals surface area (Å²) in [6.07, 6.45) is 3.52. The molecule has 1 fully saturated rings. The number of ether oxygens (including phenoxy) is 1. The summed E-state index contributed by atoms with van der Waals surface area (Å²) in [5.41, 5.74) is 0.751. The van der Waals surface area contributed by atoms with Crippen molar-refractivity contribution < 1.29 is 9.13 Å². The lowest BCUT2D eigenvalue weighted by Gasteiger charge is -2.26. The van der Waals surface area contributed by atoms with E-state index < -0.39 is 0 Å². The molecule has 1 atom stereocenters. The van der Waals surface area contributed by atoms with Gasteiger partial charge in [-0.15, -0.1) is 0 Å². The number of methoxy groups -OCH3 is 1. The molecule has 0 saturated carbocycles. The summed E-state index contributed by atoms with van der Waals surface area (Å²) in [6, 6.07) is 5.24. The Morgan fingerprint density at radius 3 is 2.74 bits per heavy atom. The molecule has 0 spiro atoms. The van der Waals surface area contributed by atoms with Gasteiger partial charge in [0.15, 0.2) is 0 Å². The molecule has 1 N–H and O–H groups in total. The van der Waals surface area contributed by atoms with Crippen LogP contribution < -0.4 is 10.1 Å². The molecule has 1 heterocycles. The van der Waals surface area contributed by atoms with Crippen LogP contribution in [0, 0.1) is 11.7 Å². The molecule has 19 heavy (non-hydrogen) atoms. The van der Waals surface area contributed by atoms with Crippen molar-refractivity contribution in [2.45, 2.75) is 25.3 Å². The van der Waals surface area contributed by atoms with Gasteiger partial charge in [-0.3, -0.25) is 0 Å². The van der Waals surface area contributed by atoms with Crippen molar-refractivity contribution in [1.29, 1.82) is 0 Å². The summed E-state index contributed by atoms with van der Waals surface area (Å²) in [5, 5.41) is 3.26. The van der Waals surface area contributed by atoms with Crippen molar-refractivity contribution in [2.24, 2.45) is 5.92 Å². The zero-order valence-corrected chi connectivity index (χ0v) is 12.4. The smallest absolute Gasteiger partial charge is 0.131 e. The van der Waals surface area contributed by atoms with E-state index in [9.17, 15) is 4.39 Å². The Bertz CT molecular complexity index is 407. The summed E-state index contributed by atoms with van der Waals surface area (Å²) in [6.45, 7) is 0. The molecule has 1 aromatic carbocycles. The second-order valence-corrected chi connectivity index (χ2v) is 6.24. The first-order chi connectivity index (χ1) is 9.24. The van der Waals surface area contributed by atoms with Gasteiger partial charge in [0.1, 0.15) is 11.6 Å². The van der Waals surface area contributed by atoms with Gasteiger partial charge in [0, 0.05) is 17.7 Å². The Hall–Kier alpha value is -0.740. The zero-order valence-electron chi connectivity index (χ0n) is 11.6. The van der Waals surface area contributed by atoms with Crippen LogP contribution in [-0.4, -0.2) is 25.7 Å². The lowest BCUT2D eigenvalue weighted by Crippen LogP contribution is -2.23. The molecule has 4 heteroatoms. The third-order valence-electron chi connectivity index (χ3n) is 3.84. The molecule has 1 unspecified atom stereocenters. The topological polar surface area (TPSA) is 21.3 Å². The molecule has 1 saturated heterocycles. The highest BCUT2D eigenvalue weighted by atomic mass is 32.2. The number of hydrogen-bond donors (Lipinski definition) is 1. The van der Waals surface area contributed by atoms with Crippen LogP contribution in [0.5, 0.6) is 5.75 Å². The SMILES string of the molecule is CNC(CC1CCSCC1)c1ccc(OC)cc1F. The van der Waals surface area contributed by atoms with E-state index in [0.717, 1.165) is 12.0 Å². The molecule has 1 aliphatic rings. The van der Waals surface area contributed by atoms with Gasteiger partial charge in [0.05, 0.1) is 7.11 Å². The minimum atomic E-state index is -0.177. The van der Waals surface area contributed by atoms with Gasteiger partial charge in [0.25, 0.3) is 0 Å². The number of halogens is 1. The molecule has 0 bridgehead atoms. The van der Waals surface area contributed by atoms with Crippen molar-refractivity contribution >= 4 is 11.8 Å². The van der Waals surface area contributed by atoms with Crippen molar-refractivity contribution in [3.63, 3.8) is 0 Å². The fraction of sp³-hybridized carbons (Fsp3) is 0.600. The summed E-state index contributed by atoms with van der Waals surface area (Å²) < 4.78 is 19.2. The van der Waals surface area contributed by atoms with Crippen LogP contribution in [0.15, 0.2) is 18.2 Å². The number of hydrogen-bond acceptors (Lipinski definition) is 3. The number of rotatable bonds is 5. The van der Waals surface area contributed by atoms with E-state index in [1.165, 1.54) is 30.4 Å². The normalized spacial score (nSPS) is 18.3. The van der Waals surface area contributed by atoms with Crippen molar-refractivity contribution in [1.82, 2.24) is 5.32 Å². The molecule has 0 radical (unpaired) electrons. The van der Waals surface area contributed by atoms with Crippen LogP contribution in [0.4, 0.5) is 4.39 Å². The minimum absolute atomic E-state index is 0.0963. The second-order valence-electron chi connectivity index (χ2n) is 5.02. The fourth-order valence-corrected chi connectivity index (χ4v) is 3.84. The van der Waals surface area contributed by atoms with E-state index in [1.54, 1.807) is 7.11 Å². The standard InChI is InChI=1S/C15H22FNOS/c1-17-15(9-11-5-7-19-8-6-11)13-4-3-12(18-2)10-14(13)16/h3-4,10-11,15,17H,5-9H2,1-2H3. The van der Waals surface area contributed by atoms with Crippen molar-refractivity contribution in [3.8, 4) is 5.75 Å². The van der Waals surface area contributed by atoms with E-state index in [2.05, 4.69) is 5.32 Å². The zero-order chi connectivity index (χ0) is 13.7. The first-order valence-corrected chi connectivity index (χ1v) is 7.98. The Balaban J connectivity index is 2.07. The third-order valence-corrected chi connectivity index (χ3v) is 4.89. The summed E-state index contributed by atoms with van der Waals surface area (Å²) in [4.78, 5) is 0. The lowest BCUT2D eigenvalue weighted by atomic mass is 9.90. The fourth-order valence-electron chi connectivity index (χ4n) is 2.63. The highest BCUT2D eigenvalue weighted by Crippen LogP contribution is 2.32. The summed E-state index contributed by atoms with van der Waals surface area (Å²) >= 11 is 2.03. The van der Waals surface area contributed by atoms with E-state index in [0.29, 0.717) is 11.7 Å². The molecular weight excluding hydrogens is 261 g/mol. The summed E-state index contributed by atoms with van der Waals surface area (Å²) in [7, 11) is 3.47. The lowest BCUT2D eigenvalue weighted by molar-refractivity contribution is 0.374. The van der Waals surface area contributed by atoms with Crippen molar-refractivity contribution in [3.05, 3.63) is 29.6 Å². The Kier molecular flexibility index (Phi) is 5.52. The van der Waals surface area contributed by atoms with Gasteiger partial charge >= 0.3 is 0 Å². The van der Waals surface area contributed by atoms with Crippen LogP contribution >= 0.6 is 11.8 Å². The maximum atomic E-state index is 14.1. The Labute approximate surface area is 119 Å². The van der Waals surface area contributed by atoms with Crippen LogP contribution in [0.1, 0.15) is 30.9 Å². The highest BCUT2D eigenvalue weighted by Gasteiger charge is 2.21. The van der Waals surface area contributed by atoms with Crippen LogP contribution in [0.25, 0.3) is 0 Å². The van der Waals surface area contributed by atoms with Gasteiger partial charge in [0.2, 0.25) is 0 Å². The second kappa shape index (κ2) is 7.15. The molecule has 2 nitrogen and oxygen atoms in total. The van der Waals surface area contributed by atoms with Gasteiger partial charge in [-0.2, -0.15) is 11.8 Å². The Morgan fingerprint density at radius 1 is 1.42 bits per heavy atom. The first-order valence-electron chi connectivity index (χ1n) is 6.83. The summed E-state index contributed by atoms with van der Waals surface area (Å²) in [5.74, 6) is 3.59. The molecule has 0 aromatic heterocycles. The van der Waals surface area contributed by atoms with E-state index >= 15 is 0 Å². The van der Waals surface area contributed by atoms with E-state index in [-0.39, 0.29) is 11.9 Å². The molecule has 1 aromatic rings. The van der Waals surface area contributed by atoms with Gasteiger partial charge in [-0.1, -0.05) is 6.07 Å². The maximum absolute atomic E-state index is 14.1. The molecule has 0 aliphatic carbocycles. The number of benzene rings is 1. The minimum Gasteiger partial charge on any atom is -0.497 e.